The second-order valence-electron chi connectivity index (χ2n) is 4.22. The molecule has 0 unspecified atom stereocenters. The molecule has 0 saturated carbocycles. The molecule has 0 aliphatic heterocycles. The second kappa shape index (κ2) is 7.41. The minimum Gasteiger partial charge on any atom is -0.366 e. The Bertz CT molecular complexity index is 442. The van der Waals surface area contributed by atoms with Crippen LogP contribution in [0.2, 0.25) is 0 Å². The van der Waals surface area contributed by atoms with E-state index in [2.05, 4.69) is 5.32 Å². The number of benzene rings is 1. The van der Waals surface area contributed by atoms with Crippen molar-refractivity contribution in [2.45, 2.75) is 20.3 Å². The lowest BCUT2D eigenvalue weighted by atomic mass is 10.1. The third kappa shape index (κ3) is 4.62. The lowest BCUT2D eigenvalue weighted by Gasteiger charge is -2.19. The van der Waals surface area contributed by atoms with Crippen molar-refractivity contribution in [3.8, 4) is 0 Å². The summed E-state index contributed by atoms with van der Waals surface area (Å²) in [4.78, 5) is 24.5. The maximum atomic E-state index is 11.7. The van der Waals surface area contributed by atoms with Crippen LogP contribution in [0.25, 0.3) is 0 Å². The van der Waals surface area contributed by atoms with Gasteiger partial charge in [0.25, 0.3) is 0 Å². The predicted octanol–water partition coefficient (Wildman–Crippen LogP) is 1.38. The Balaban J connectivity index is 2.47. The van der Waals surface area contributed by atoms with Crippen molar-refractivity contribution in [1.82, 2.24) is 10.2 Å². The van der Waals surface area contributed by atoms with Gasteiger partial charge in [-0.2, -0.15) is 0 Å². The van der Waals surface area contributed by atoms with E-state index in [1.807, 2.05) is 19.9 Å². The Morgan fingerprint density at radius 1 is 1.26 bits per heavy atom. The van der Waals surface area contributed by atoms with Crippen LogP contribution >= 0.6 is 0 Å². The Morgan fingerprint density at radius 3 is 2.53 bits per heavy atom. The molecule has 0 spiro atoms. The molecule has 0 saturated heterocycles. The normalized spacial score (nSPS) is 10.0. The summed E-state index contributed by atoms with van der Waals surface area (Å²) in [6, 6.07) is 7.08. The molecular weight excluding hydrogens is 242 g/mol. The van der Waals surface area contributed by atoms with Gasteiger partial charge >= 0.3 is 6.03 Å². The van der Waals surface area contributed by atoms with Crippen molar-refractivity contribution >= 4 is 11.9 Å². The molecule has 0 atom stereocenters. The number of rotatable bonds is 6. The average molecular weight is 263 g/mol. The molecule has 3 N–H and O–H groups in total. The van der Waals surface area contributed by atoms with E-state index in [0.29, 0.717) is 31.6 Å². The number of nitrogens with one attached hydrogen (secondary N) is 1. The number of carbonyl (C=O) groups is 2. The minimum absolute atomic E-state index is 0.0592. The first-order valence-corrected chi connectivity index (χ1v) is 6.50. The zero-order valence-electron chi connectivity index (χ0n) is 11.5. The van der Waals surface area contributed by atoms with Crippen molar-refractivity contribution in [3.63, 3.8) is 0 Å². The van der Waals surface area contributed by atoms with Gasteiger partial charge < -0.3 is 16.0 Å². The number of nitrogens with zero attached hydrogens (tertiary/aromatic N) is 1. The van der Waals surface area contributed by atoms with Gasteiger partial charge in [-0.25, -0.2) is 4.79 Å². The fourth-order valence-corrected chi connectivity index (χ4v) is 1.82. The smallest absolute Gasteiger partial charge is 0.317 e. The summed E-state index contributed by atoms with van der Waals surface area (Å²) < 4.78 is 0. The maximum Gasteiger partial charge on any atom is 0.317 e. The van der Waals surface area contributed by atoms with Crippen LogP contribution in [-0.4, -0.2) is 36.5 Å². The van der Waals surface area contributed by atoms with E-state index in [1.54, 1.807) is 23.1 Å². The van der Waals surface area contributed by atoms with Gasteiger partial charge in [0, 0.05) is 25.2 Å². The van der Waals surface area contributed by atoms with Crippen LogP contribution in [0.1, 0.15) is 29.8 Å². The SMILES string of the molecule is CCN(CC)C(=O)NCCc1cccc(C(N)=O)c1. The van der Waals surface area contributed by atoms with E-state index in [0.717, 1.165) is 5.56 Å². The number of urea groups is 1. The molecule has 3 amide bonds. The van der Waals surface area contributed by atoms with Crippen LogP contribution < -0.4 is 11.1 Å². The van der Waals surface area contributed by atoms with Gasteiger partial charge in [-0.1, -0.05) is 12.1 Å². The molecule has 0 aliphatic carbocycles. The van der Waals surface area contributed by atoms with Gasteiger partial charge in [0.1, 0.15) is 0 Å². The van der Waals surface area contributed by atoms with E-state index in [9.17, 15) is 9.59 Å². The minimum atomic E-state index is -0.436. The van der Waals surface area contributed by atoms with Crippen LogP contribution in [0.15, 0.2) is 24.3 Å². The molecule has 0 heterocycles. The molecule has 19 heavy (non-hydrogen) atoms. The zero-order valence-corrected chi connectivity index (χ0v) is 11.5. The van der Waals surface area contributed by atoms with Crippen LogP contribution in [0.4, 0.5) is 4.79 Å². The van der Waals surface area contributed by atoms with E-state index in [4.69, 9.17) is 5.73 Å². The first kappa shape index (κ1) is 15.0. The summed E-state index contributed by atoms with van der Waals surface area (Å²) in [7, 11) is 0. The van der Waals surface area contributed by atoms with E-state index < -0.39 is 5.91 Å². The number of hydrogen-bond donors (Lipinski definition) is 2. The van der Waals surface area contributed by atoms with Crippen LogP contribution in [-0.2, 0) is 6.42 Å². The Kier molecular flexibility index (Phi) is 5.85. The summed E-state index contributed by atoms with van der Waals surface area (Å²) >= 11 is 0. The molecule has 0 radical (unpaired) electrons. The molecule has 0 fully saturated rings. The summed E-state index contributed by atoms with van der Waals surface area (Å²) in [6.45, 7) is 5.81. The topological polar surface area (TPSA) is 75.4 Å². The lowest BCUT2D eigenvalue weighted by Crippen LogP contribution is -2.40. The fourth-order valence-electron chi connectivity index (χ4n) is 1.82. The number of hydrogen-bond acceptors (Lipinski definition) is 2. The highest BCUT2D eigenvalue weighted by molar-refractivity contribution is 5.92. The first-order chi connectivity index (χ1) is 9.08. The molecular formula is C14H21N3O2. The van der Waals surface area contributed by atoms with E-state index in [1.165, 1.54) is 0 Å². The summed E-state index contributed by atoms with van der Waals surface area (Å²) in [5.74, 6) is -0.436. The molecule has 0 bridgehead atoms. The largest absolute Gasteiger partial charge is 0.366 e. The Labute approximate surface area is 113 Å². The molecule has 104 valence electrons. The van der Waals surface area contributed by atoms with Crippen molar-refractivity contribution in [2.75, 3.05) is 19.6 Å². The quantitative estimate of drug-likeness (QED) is 0.813. The summed E-state index contributed by atoms with van der Waals surface area (Å²) in [5.41, 5.74) is 6.70. The highest BCUT2D eigenvalue weighted by atomic mass is 16.2. The van der Waals surface area contributed by atoms with E-state index >= 15 is 0 Å². The van der Waals surface area contributed by atoms with Gasteiger partial charge in [0.15, 0.2) is 0 Å². The van der Waals surface area contributed by atoms with Crippen LogP contribution in [0.5, 0.6) is 0 Å². The maximum absolute atomic E-state index is 11.7. The van der Waals surface area contributed by atoms with Gasteiger partial charge in [-0.3, -0.25) is 4.79 Å². The molecule has 5 heteroatoms. The molecule has 1 aromatic rings. The number of amides is 3. The third-order valence-electron chi connectivity index (χ3n) is 2.95. The van der Waals surface area contributed by atoms with Gasteiger partial charge in [-0.15, -0.1) is 0 Å². The molecule has 1 aromatic carbocycles. The number of nitrogens with two attached hydrogens (primary N) is 1. The van der Waals surface area contributed by atoms with Crippen molar-refractivity contribution in [2.24, 2.45) is 5.73 Å². The van der Waals surface area contributed by atoms with Gasteiger partial charge in [-0.05, 0) is 38.0 Å². The molecule has 0 aliphatic rings. The van der Waals surface area contributed by atoms with Crippen molar-refractivity contribution in [3.05, 3.63) is 35.4 Å². The second-order valence-corrected chi connectivity index (χ2v) is 4.22. The van der Waals surface area contributed by atoms with Crippen LogP contribution in [0, 0.1) is 0 Å². The molecule has 5 nitrogen and oxygen atoms in total. The number of primary amides is 1. The summed E-state index contributed by atoms with van der Waals surface area (Å²) in [6.07, 6.45) is 0.675. The highest BCUT2D eigenvalue weighted by Crippen LogP contribution is 2.05. The predicted molar refractivity (Wildman–Crippen MR) is 75.0 cm³/mol. The highest BCUT2D eigenvalue weighted by Gasteiger charge is 2.08. The summed E-state index contributed by atoms with van der Waals surface area (Å²) in [5, 5.41) is 2.85. The Morgan fingerprint density at radius 2 is 1.95 bits per heavy atom. The average Bonchev–Trinajstić information content (AvgIpc) is 2.40. The Hall–Kier alpha value is -2.04. The fraction of sp³-hybridized carbons (Fsp3) is 0.429. The standard InChI is InChI=1S/C14H21N3O2/c1-3-17(4-2)14(19)16-9-8-11-6-5-7-12(10-11)13(15)18/h5-7,10H,3-4,8-9H2,1-2H3,(H2,15,18)(H,16,19). The van der Waals surface area contributed by atoms with Gasteiger partial charge in [0.05, 0.1) is 0 Å². The van der Waals surface area contributed by atoms with E-state index in [-0.39, 0.29) is 6.03 Å². The molecule has 1 rings (SSSR count). The van der Waals surface area contributed by atoms with Crippen LogP contribution in [0.3, 0.4) is 0 Å². The monoisotopic (exact) mass is 263 g/mol. The lowest BCUT2D eigenvalue weighted by molar-refractivity contribution is 0.1000. The van der Waals surface area contributed by atoms with Gasteiger partial charge in [0.2, 0.25) is 5.91 Å². The third-order valence-corrected chi connectivity index (χ3v) is 2.95. The zero-order chi connectivity index (χ0) is 14.3. The van der Waals surface area contributed by atoms with Crippen molar-refractivity contribution < 1.29 is 9.59 Å². The number of carbonyl (C=O) groups excluding carboxylic acids is 2. The first-order valence-electron chi connectivity index (χ1n) is 6.50. The van der Waals surface area contributed by atoms with Crippen molar-refractivity contribution in [1.29, 1.82) is 0 Å². The molecule has 0 aromatic heterocycles.